The van der Waals surface area contributed by atoms with E-state index in [1.54, 1.807) is 24.3 Å². The highest BCUT2D eigenvalue weighted by atomic mass is 16.2. The van der Waals surface area contributed by atoms with E-state index in [1.165, 1.54) is 6.42 Å². The number of primary amides is 1. The third-order valence-corrected chi connectivity index (χ3v) is 3.34. The average molecular weight is 261 g/mol. The summed E-state index contributed by atoms with van der Waals surface area (Å²) in [7, 11) is 0. The molecule has 0 aromatic heterocycles. The standard InChI is InChI=1S/C14H19N3O2/c1-10-4-3-7-17(9-10)14(19)16-12-6-2-5-11(8-12)13(15)18/h2,5-6,8,10H,3-4,7,9H2,1H3,(H2,15,18)(H,16,19)/t10-/m0/s1. The Morgan fingerprint density at radius 3 is 2.89 bits per heavy atom. The van der Waals surface area contributed by atoms with Crippen LogP contribution in [-0.4, -0.2) is 29.9 Å². The molecule has 5 nitrogen and oxygen atoms in total. The molecule has 1 fully saturated rings. The molecule has 0 aliphatic carbocycles. The summed E-state index contributed by atoms with van der Waals surface area (Å²) in [6, 6.07) is 6.55. The van der Waals surface area contributed by atoms with Gasteiger partial charge in [-0.3, -0.25) is 4.79 Å². The third-order valence-electron chi connectivity index (χ3n) is 3.34. The Kier molecular flexibility index (Phi) is 4.04. The first-order valence-electron chi connectivity index (χ1n) is 6.52. The van der Waals surface area contributed by atoms with Gasteiger partial charge in [-0.15, -0.1) is 0 Å². The molecule has 3 amide bonds. The monoisotopic (exact) mass is 261 g/mol. The van der Waals surface area contributed by atoms with Crippen LogP contribution in [0.15, 0.2) is 24.3 Å². The normalized spacial score (nSPS) is 19.0. The fraction of sp³-hybridized carbons (Fsp3) is 0.429. The smallest absolute Gasteiger partial charge is 0.321 e. The molecule has 1 heterocycles. The van der Waals surface area contributed by atoms with Crippen LogP contribution in [0.3, 0.4) is 0 Å². The summed E-state index contributed by atoms with van der Waals surface area (Å²) >= 11 is 0. The number of benzene rings is 1. The SMILES string of the molecule is C[C@H]1CCCN(C(=O)Nc2cccc(C(N)=O)c2)C1. The second-order valence-electron chi connectivity index (χ2n) is 5.07. The molecule has 1 aliphatic rings. The molecule has 2 rings (SSSR count). The molecule has 3 N–H and O–H groups in total. The molecule has 0 radical (unpaired) electrons. The number of carbonyl (C=O) groups excluding carboxylic acids is 2. The molecule has 0 bridgehead atoms. The highest BCUT2D eigenvalue weighted by Crippen LogP contribution is 2.17. The van der Waals surface area contributed by atoms with Crippen molar-refractivity contribution in [3.05, 3.63) is 29.8 Å². The van der Waals surface area contributed by atoms with Gasteiger partial charge in [0.1, 0.15) is 0 Å². The number of amides is 3. The van der Waals surface area contributed by atoms with E-state index in [9.17, 15) is 9.59 Å². The van der Waals surface area contributed by atoms with Crippen LogP contribution < -0.4 is 11.1 Å². The van der Waals surface area contributed by atoms with Crippen LogP contribution in [0.5, 0.6) is 0 Å². The lowest BCUT2D eigenvalue weighted by atomic mass is 10.0. The molecule has 19 heavy (non-hydrogen) atoms. The van der Waals surface area contributed by atoms with Gasteiger partial charge in [-0.05, 0) is 37.0 Å². The Labute approximate surface area is 112 Å². The first-order chi connectivity index (χ1) is 9.06. The number of likely N-dealkylation sites (tertiary alicyclic amines) is 1. The molecule has 0 saturated carbocycles. The topological polar surface area (TPSA) is 75.4 Å². The summed E-state index contributed by atoms with van der Waals surface area (Å²) in [5, 5.41) is 2.81. The predicted octanol–water partition coefficient (Wildman–Crippen LogP) is 2.05. The summed E-state index contributed by atoms with van der Waals surface area (Å²) in [5.74, 6) is 0.0409. The number of urea groups is 1. The summed E-state index contributed by atoms with van der Waals surface area (Å²) in [4.78, 5) is 25.0. The number of rotatable bonds is 2. The highest BCUT2D eigenvalue weighted by Gasteiger charge is 2.20. The van der Waals surface area contributed by atoms with E-state index in [2.05, 4.69) is 12.2 Å². The Hall–Kier alpha value is -2.04. The number of nitrogens with two attached hydrogens (primary N) is 1. The molecule has 5 heteroatoms. The lowest BCUT2D eigenvalue weighted by Gasteiger charge is -2.30. The lowest BCUT2D eigenvalue weighted by molar-refractivity contribution is 0.1000. The van der Waals surface area contributed by atoms with E-state index in [4.69, 9.17) is 5.73 Å². The Morgan fingerprint density at radius 2 is 2.21 bits per heavy atom. The maximum absolute atomic E-state index is 12.1. The fourth-order valence-electron chi connectivity index (χ4n) is 2.33. The van der Waals surface area contributed by atoms with Crippen LogP contribution in [0.1, 0.15) is 30.1 Å². The fourth-order valence-corrected chi connectivity index (χ4v) is 2.33. The van der Waals surface area contributed by atoms with Gasteiger partial charge in [-0.2, -0.15) is 0 Å². The molecule has 1 saturated heterocycles. The molecule has 102 valence electrons. The van der Waals surface area contributed by atoms with E-state index in [0.29, 0.717) is 17.2 Å². The average Bonchev–Trinajstić information content (AvgIpc) is 2.39. The Morgan fingerprint density at radius 1 is 1.42 bits per heavy atom. The minimum Gasteiger partial charge on any atom is -0.366 e. The van der Waals surface area contributed by atoms with Crippen molar-refractivity contribution in [3.8, 4) is 0 Å². The summed E-state index contributed by atoms with van der Waals surface area (Å²) in [6.07, 6.45) is 2.21. The zero-order valence-corrected chi connectivity index (χ0v) is 11.1. The van der Waals surface area contributed by atoms with Gasteiger partial charge in [0, 0.05) is 24.3 Å². The van der Waals surface area contributed by atoms with Crippen molar-refractivity contribution in [2.45, 2.75) is 19.8 Å². The van der Waals surface area contributed by atoms with Gasteiger partial charge in [-0.1, -0.05) is 13.0 Å². The van der Waals surface area contributed by atoms with Gasteiger partial charge < -0.3 is 16.0 Å². The zero-order valence-electron chi connectivity index (χ0n) is 11.1. The van der Waals surface area contributed by atoms with Crippen LogP contribution in [0.2, 0.25) is 0 Å². The molecule has 1 atom stereocenters. The van der Waals surface area contributed by atoms with E-state index >= 15 is 0 Å². The van der Waals surface area contributed by atoms with Gasteiger partial charge in [0.05, 0.1) is 0 Å². The number of piperidine rings is 1. The largest absolute Gasteiger partial charge is 0.366 e. The molecule has 1 aliphatic heterocycles. The molecular formula is C14H19N3O2. The quantitative estimate of drug-likeness (QED) is 0.855. The second kappa shape index (κ2) is 5.73. The van der Waals surface area contributed by atoms with Crippen molar-refractivity contribution in [1.29, 1.82) is 0 Å². The van der Waals surface area contributed by atoms with Crippen LogP contribution in [0, 0.1) is 5.92 Å². The van der Waals surface area contributed by atoms with Gasteiger partial charge in [0.2, 0.25) is 5.91 Å². The van der Waals surface area contributed by atoms with Crippen LogP contribution >= 0.6 is 0 Å². The molecule has 0 spiro atoms. The van der Waals surface area contributed by atoms with Crippen molar-refractivity contribution in [2.75, 3.05) is 18.4 Å². The van der Waals surface area contributed by atoms with E-state index < -0.39 is 5.91 Å². The summed E-state index contributed by atoms with van der Waals surface area (Å²) < 4.78 is 0. The van der Waals surface area contributed by atoms with E-state index in [1.807, 2.05) is 4.90 Å². The highest BCUT2D eigenvalue weighted by molar-refractivity contribution is 5.95. The van der Waals surface area contributed by atoms with Crippen LogP contribution in [0.25, 0.3) is 0 Å². The molecule has 0 unspecified atom stereocenters. The van der Waals surface area contributed by atoms with Crippen molar-refractivity contribution < 1.29 is 9.59 Å². The maximum atomic E-state index is 12.1. The van der Waals surface area contributed by atoms with E-state index in [0.717, 1.165) is 19.5 Å². The van der Waals surface area contributed by atoms with Crippen LogP contribution in [0.4, 0.5) is 10.5 Å². The maximum Gasteiger partial charge on any atom is 0.321 e. The molecular weight excluding hydrogens is 242 g/mol. The van der Waals surface area contributed by atoms with Crippen LogP contribution in [-0.2, 0) is 0 Å². The van der Waals surface area contributed by atoms with E-state index in [-0.39, 0.29) is 6.03 Å². The number of hydrogen-bond acceptors (Lipinski definition) is 2. The summed E-state index contributed by atoms with van der Waals surface area (Å²) in [5.41, 5.74) is 6.20. The van der Waals surface area contributed by atoms with Crippen molar-refractivity contribution >= 4 is 17.6 Å². The van der Waals surface area contributed by atoms with Gasteiger partial charge in [-0.25, -0.2) is 4.79 Å². The van der Waals surface area contributed by atoms with Gasteiger partial charge in [0.15, 0.2) is 0 Å². The minimum absolute atomic E-state index is 0.117. The molecule has 1 aromatic carbocycles. The Balaban J connectivity index is 2.02. The zero-order chi connectivity index (χ0) is 13.8. The van der Waals surface area contributed by atoms with Crippen molar-refractivity contribution in [1.82, 2.24) is 4.90 Å². The number of hydrogen-bond donors (Lipinski definition) is 2. The van der Waals surface area contributed by atoms with Gasteiger partial charge >= 0.3 is 6.03 Å². The Bertz CT molecular complexity index is 487. The van der Waals surface area contributed by atoms with Crippen molar-refractivity contribution in [3.63, 3.8) is 0 Å². The summed E-state index contributed by atoms with van der Waals surface area (Å²) in [6.45, 7) is 3.71. The predicted molar refractivity (Wildman–Crippen MR) is 73.9 cm³/mol. The van der Waals surface area contributed by atoms with Crippen molar-refractivity contribution in [2.24, 2.45) is 11.7 Å². The minimum atomic E-state index is -0.498. The number of nitrogens with zero attached hydrogens (tertiary/aromatic N) is 1. The number of nitrogens with one attached hydrogen (secondary N) is 1. The lowest BCUT2D eigenvalue weighted by Crippen LogP contribution is -2.41. The molecule has 1 aromatic rings. The number of anilines is 1. The first kappa shape index (κ1) is 13.4. The first-order valence-corrected chi connectivity index (χ1v) is 6.52. The third kappa shape index (κ3) is 3.47. The second-order valence-corrected chi connectivity index (χ2v) is 5.07. The van der Waals surface area contributed by atoms with Gasteiger partial charge in [0.25, 0.3) is 0 Å². The number of carbonyl (C=O) groups is 2.